The van der Waals surface area contributed by atoms with Crippen molar-refractivity contribution >= 4 is 47.2 Å². The Balaban J connectivity index is 1.98. The maximum Gasteiger partial charge on any atom is 0.312 e. The Labute approximate surface area is 262 Å². The zero-order valence-corrected chi connectivity index (χ0v) is 26.2. The molecule has 0 saturated carbocycles. The molecular formula is C31H44N6O8. The van der Waals surface area contributed by atoms with Crippen molar-refractivity contribution in [2.75, 3.05) is 18.4 Å². The van der Waals surface area contributed by atoms with Crippen LogP contribution in [0.1, 0.15) is 65.4 Å². The molecule has 1 aliphatic rings. The minimum absolute atomic E-state index is 0.0789. The van der Waals surface area contributed by atoms with Crippen molar-refractivity contribution in [2.45, 2.75) is 78.5 Å². The van der Waals surface area contributed by atoms with Crippen molar-refractivity contribution in [3.8, 4) is 0 Å². The van der Waals surface area contributed by atoms with Gasteiger partial charge in [0, 0.05) is 37.3 Å². The van der Waals surface area contributed by atoms with Crippen molar-refractivity contribution in [1.82, 2.24) is 20.9 Å². The summed E-state index contributed by atoms with van der Waals surface area (Å²) in [6.45, 7) is 7.47. The molecule has 2 rings (SSSR count). The number of carbonyl (C=O) groups is 7. The van der Waals surface area contributed by atoms with Crippen molar-refractivity contribution < 1.29 is 38.3 Å². The van der Waals surface area contributed by atoms with Gasteiger partial charge in [0.1, 0.15) is 18.7 Å². The Bertz CT molecular complexity index is 1240. The number of esters is 1. The molecule has 1 aromatic rings. The molecule has 14 heteroatoms. The average molecular weight is 629 g/mol. The largest absolute Gasteiger partial charge is 0.461 e. The van der Waals surface area contributed by atoms with Crippen LogP contribution in [0, 0.1) is 11.8 Å². The van der Waals surface area contributed by atoms with Gasteiger partial charge in [0.25, 0.3) is 11.8 Å². The fourth-order valence-corrected chi connectivity index (χ4v) is 4.27. The number of anilines is 1. The van der Waals surface area contributed by atoms with Gasteiger partial charge in [-0.1, -0.05) is 39.8 Å². The number of amides is 7. The number of hydrogen-bond donors (Lipinski definition) is 5. The number of ether oxygens (including phenoxy) is 1. The van der Waals surface area contributed by atoms with E-state index in [4.69, 9.17) is 10.5 Å². The first-order valence-corrected chi connectivity index (χ1v) is 15.0. The first-order valence-electron chi connectivity index (χ1n) is 15.0. The molecule has 1 aromatic carbocycles. The summed E-state index contributed by atoms with van der Waals surface area (Å²) < 4.78 is 5.22. The van der Waals surface area contributed by atoms with Crippen molar-refractivity contribution in [3.63, 3.8) is 0 Å². The lowest BCUT2D eigenvalue weighted by molar-refractivity contribution is -0.148. The van der Waals surface area contributed by atoms with E-state index in [1.165, 1.54) is 12.2 Å². The van der Waals surface area contributed by atoms with Crippen LogP contribution in [-0.2, 0) is 40.1 Å². The highest BCUT2D eigenvalue weighted by molar-refractivity contribution is 6.12. The van der Waals surface area contributed by atoms with Gasteiger partial charge in [0.15, 0.2) is 0 Å². The number of nitrogens with zero attached hydrogens (tertiary/aromatic N) is 1. The van der Waals surface area contributed by atoms with E-state index in [0.29, 0.717) is 24.9 Å². The molecule has 0 radical (unpaired) electrons. The molecule has 1 heterocycles. The monoisotopic (exact) mass is 628 g/mol. The van der Waals surface area contributed by atoms with Crippen LogP contribution in [-0.4, -0.2) is 71.6 Å². The number of urea groups is 1. The number of carbonyl (C=O) groups excluding carboxylic acids is 7. The third kappa shape index (κ3) is 12.8. The lowest BCUT2D eigenvalue weighted by atomic mass is 10.0. The number of nitrogens with two attached hydrogens (primary N) is 1. The van der Waals surface area contributed by atoms with Crippen LogP contribution in [0.3, 0.4) is 0 Å². The topological polar surface area (TPSA) is 206 Å². The fraction of sp³-hybridized carbons (Fsp3) is 0.516. The number of benzene rings is 1. The number of unbranched alkanes of at least 4 members (excludes halogenated alkanes) is 1. The van der Waals surface area contributed by atoms with Gasteiger partial charge < -0.3 is 31.7 Å². The molecule has 7 amide bonds. The molecule has 45 heavy (non-hydrogen) atoms. The van der Waals surface area contributed by atoms with Gasteiger partial charge in [-0.15, -0.1) is 0 Å². The molecule has 14 nitrogen and oxygen atoms in total. The molecule has 2 unspecified atom stereocenters. The number of primary amides is 1. The third-order valence-corrected chi connectivity index (χ3v) is 6.88. The maximum atomic E-state index is 13.3. The normalized spacial score (nSPS) is 13.9. The second-order valence-electron chi connectivity index (χ2n) is 11.4. The molecule has 2 atom stereocenters. The second-order valence-corrected chi connectivity index (χ2v) is 11.4. The van der Waals surface area contributed by atoms with Crippen LogP contribution in [0.5, 0.6) is 0 Å². The Hall–Kier alpha value is -4.75. The molecule has 0 aromatic heterocycles. The third-order valence-electron chi connectivity index (χ3n) is 6.88. The summed E-state index contributed by atoms with van der Waals surface area (Å²) >= 11 is 0. The predicted octanol–water partition coefficient (Wildman–Crippen LogP) is 1.49. The molecule has 0 spiro atoms. The van der Waals surface area contributed by atoms with E-state index in [2.05, 4.69) is 21.3 Å². The van der Waals surface area contributed by atoms with Crippen LogP contribution in [0.4, 0.5) is 10.5 Å². The molecule has 0 aliphatic carbocycles. The summed E-state index contributed by atoms with van der Waals surface area (Å²) in [7, 11) is 0. The molecule has 246 valence electrons. The lowest BCUT2D eigenvalue weighted by Gasteiger charge is -2.25. The molecule has 1 aliphatic heterocycles. The van der Waals surface area contributed by atoms with E-state index in [-0.39, 0.29) is 68.1 Å². The van der Waals surface area contributed by atoms with Crippen molar-refractivity contribution in [2.24, 2.45) is 17.6 Å². The number of nitrogens with one attached hydrogen (secondary N) is 4. The molecule has 6 N–H and O–H groups in total. The van der Waals surface area contributed by atoms with E-state index < -0.39 is 29.9 Å². The minimum Gasteiger partial charge on any atom is -0.461 e. The van der Waals surface area contributed by atoms with Gasteiger partial charge in [-0.2, -0.15) is 0 Å². The molecular weight excluding hydrogens is 584 g/mol. The van der Waals surface area contributed by atoms with Crippen molar-refractivity contribution in [1.29, 1.82) is 0 Å². The standard InChI is InChI=1S/C31H44N6O8/c1-19(2)27(36-24(38)9-5-6-17-37-25(39)14-15-26(37)40)29(42)35-23(8-7-16-33-31(32)44)28(41)34-22-12-10-21(11-13-22)18-45-30(43)20(3)4/h10-15,19-20,23,27H,5-9,16-18H2,1-4H3,(H,34,41)(H,35,42)(H,36,38)(H3,32,33,44). The highest BCUT2D eigenvalue weighted by Crippen LogP contribution is 2.14. The zero-order chi connectivity index (χ0) is 33.5. The Kier molecular flexibility index (Phi) is 14.7. The van der Waals surface area contributed by atoms with E-state index in [1.807, 2.05) is 0 Å². The second kappa shape index (κ2) is 18.1. The molecule has 0 fully saturated rings. The van der Waals surface area contributed by atoms with E-state index >= 15 is 0 Å². The van der Waals surface area contributed by atoms with Gasteiger partial charge in [-0.05, 0) is 49.3 Å². The number of rotatable bonds is 18. The smallest absolute Gasteiger partial charge is 0.312 e. The van der Waals surface area contributed by atoms with E-state index in [9.17, 15) is 33.6 Å². The summed E-state index contributed by atoms with van der Waals surface area (Å²) in [4.78, 5) is 86.4. The van der Waals surface area contributed by atoms with Crippen LogP contribution in [0.25, 0.3) is 0 Å². The Morgan fingerprint density at radius 1 is 0.867 bits per heavy atom. The summed E-state index contributed by atoms with van der Waals surface area (Å²) in [5.74, 6) is -3.08. The van der Waals surface area contributed by atoms with Gasteiger partial charge in [0.05, 0.1) is 5.92 Å². The van der Waals surface area contributed by atoms with Crippen molar-refractivity contribution in [3.05, 3.63) is 42.0 Å². The van der Waals surface area contributed by atoms with Gasteiger partial charge in [-0.25, -0.2) is 4.79 Å². The van der Waals surface area contributed by atoms with Crippen LogP contribution >= 0.6 is 0 Å². The number of imide groups is 1. The summed E-state index contributed by atoms with van der Waals surface area (Å²) in [6.07, 6.45) is 3.81. The predicted molar refractivity (Wildman–Crippen MR) is 165 cm³/mol. The quantitative estimate of drug-likeness (QED) is 0.0912. The zero-order valence-electron chi connectivity index (χ0n) is 26.2. The first kappa shape index (κ1) is 36.4. The van der Waals surface area contributed by atoms with Gasteiger partial charge in [-0.3, -0.25) is 33.7 Å². The highest BCUT2D eigenvalue weighted by atomic mass is 16.5. The number of hydrogen-bond acceptors (Lipinski definition) is 8. The van der Waals surface area contributed by atoms with Crippen LogP contribution in [0.2, 0.25) is 0 Å². The minimum atomic E-state index is -0.999. The van der Waals surface area contributed by atoms with Gasteiger partial charge in [0.2, 0.25) is 17.7 Å². The Morgan fingerprint density at radius 3 is 2.09 bits per heavy atom. The average Bonchev–Trinajstić information content (AvgIpc) is 3.30. The summed E-state index contributed by atoms with van der Waals surface area (Å²) in [6, 6.07) is 4.06. The molecule has 0 bridgehead atoms. The lowest BCUT2D eigenvalue weighted by Crippen LogP contribution is -2.54. The summed E-state index contributed by atoms with van der Waals surface area (Å²) in [5.41, 5.74) is 6.31. The first-order chi connectivity index (χ1) is 21.3. The van der Waals surface area contributed by atoms with E-state index in [0.717, 1.165) is 10.5 Å². The highest BCUT2D eigenvalue weighted by Gasteiger charge is 2.29. The van der Waals surface area contributed by atoms with Crippen LogP contribution in [0.15, 0.2) is 36.4 Å². The SMILES string of the molecule is CC(C)C(=O)OCc1ccc(NC(=O)C(CCCNC(N)=O)NC(=O)C(NC(=O)CCCCN2C(=O)C=CC2=O)C(C)C)cc1. The molecule has 0 saturated heterocycles. The van der Waals surface area contributed by atoms with E-state index in [1.54, 1.807) is 52.0 Å². The fourth-order valence-electron chi connectivity index (χ4n) is 4.27. The Morgan fingerprint density at radius 2 is 1.51 bits per heavy atom. The summed E-state index contributed by atoms with van der Waals surface area (Å²) in [5, 5.41) is 10.7. The van der Waals surface area contributed by atoms with Crippen LogP contribution < -0.4 is 27.0 Å². The maximum absolute atomic E-state index is 13.3. The van der Waals surface area contributed by atoms with Gasteiger partial charge >= 0.3 is 12.0 Å².